The third-order valence-corrected chi connectivity index (χ3v) is 6.39. The van der Waals surface area contributed by atoms with Crippen molar-refractivity contribution in [3.63, 3.8) is 0 Å². The van der Waals surface area contributed by atoms with Crippen LogP contribution < -0.4 is 20.4 Å². The van der Waals surface area contributed by atoms with E-state index in [2.05, 4.69) is 5.32 Å². The predicted octanol–water partition coefficient (Wildman–Crippen LogP) is 2.74. The Balaban J connectivity index is 1.67. The fourth-order valence-corrected chi connectivity index (χ4v) is 4.32. The molecule has 0 radical (unpaired) electrons. The molecule has 1 heterocycles. The second-order valence-corrected chi connectivity index (χ2v) is 9.22. The van der Waals surface area contributed by atoms with Gasteiger partial charge < -0.3 is 20.1 Å². The van der Waals surface area contributed by atoms with Crippen LogP contribution in [-0.2, 0) is 11.3 Å². The first-order chi connectivity index (χ1) is 18.2. The number of rotatable bonds is 7. The van der Waals surface area contributed by atoms with Crippen molar-refractivity contribution < 1.29 is 19.6 Å². The summed E-state index contributed by atoms with van der Waals surface area (Å²) in [6.45, 7) is 1.80. The minimum absolute atomic E-state index is 0.00400. The maximum Gasteiger partial charge on any atom is 0.488 e. The minimum Gasteiger partial charge on any atom is -0.497 e. The second-order valence-electron chi connectivity index (χ2n) is 8.79. The number of fused-ring (bicyclic) bond motifs is 1. The summed E-state index contributed by atoms with van der Waals surface area (Å²) in [5.74, 6) is 0.390. The van der Waals surface area contributed by atoms with Gasteiger partial charge in [-0.1, -0.05) is 48.0 Å². The molecule has 38 heavy (non-hydrogen) atoms. The van der Waals surface area contributed by atoms with Gasteiger partial charge in [-0.05, 0) is 48.3 Å². The SMILES string of the molecule is COc1ccc2c(c1)C(c1ccc(Cl)cc1)=N[C@@H](CC(=O)NCc1ccc(B(O)O)cc1)C(=N)N2C(C)=N. The number of ether oxygens (including phenoxy) is 1. The number of aliphatic imine (C=N–C) groups is 1. The van der Waals surface area contributed by atoms with Gasteiger partial charge in [-0.3, -0.25) is 25.5 Å². The fraction of sp³-hybridized carbons (Fsp3) is 0.185. The number of carbonyl (C=O) groups is 1. The molecule has 194 valence electrons. The molecule has 3 aromatic carbocycles. The quantitative estimate of drug-likeness (QED) is 0.181. The summed E-state index contributed by atoms with van der Waals surface area (Å²) in [5, 5.41) is 39.3. The zero-order chi connectivity index (χ0) is 27.4. The van der Waals surface area contributed by atoms with E-state index in [1.807, 2.05) is 12.1 Å². The molecule has 0 fully saturated rings. The number of methoxy groups -OCH3 is 1. The Hall–Kier alpha value is -3.99. The van der Waals surface area contributed by atoms with E-state index >= 15 is 0 Å². The minimum atomic E-state index is -1.56. The lowest BCUT2D eigenvalue weighted by Gasteiger charge is -2.26. The number of benzene rings is 3. The number of halogens is 1. The van der Waals surface area contributed by atoms with Gasteiger partial charge >= 0.3 is 7.12 Å². The lowest BCUT2D eigenvalue weighted by molar-refractivity contribution is -0.121. The van der Waals surface area contributed by atoms with Crippen LogP contribution in [0.25, 0.3) is 0 Å². The van der Waals surface area contributed by atoms with Crippen molar-refractivity contribution in [1.29, 1.82) is 10.8 Å². The molecule has 1 atom stereocenters. The lowest BCUT2D eigenvalue weighted by atomic mass is 9.80. The van der Waals surface area contributed by atoms with Crippen LogP contribution in [-0.4, -0.2) is 53.6 Å². The molecule has 4 rings (SSSR count). The van der Waals surface area contributed by atoms with E-state index in [0.29, 0.717) is 33.2 Å². The number of carbonyl (C=O) groups excluding carboxylic acids is 1. The van der Waals surface area contributed by atoms with Crippen LogP contribution in [0.5, 0.6) is 5.75 Å². The Bertz CT molecular complexity index is 1390. The Morgan fingerprint density at radius 1 is 1.13 bits per heavy atom. The highest BCUT2D eigenvalue weighted by Gasteiger charge is 2.32. The highest BCUT2D eigenvalue weighted by Crippen LogP contribution is 2.33. The van der Waals surface area contributed by atoms with E-state index in [4.69, 9.17) is 32.1 Å². The number of amides is 1. The van der Waals surface area contributed by atoms with Gasteiger partial charge in [-0.25, -0.2) is 0 Å². The van der Waals surface area contributed by atoms with Crippen molar-refractivity contribution in [3.05, 3.63) is 88.4 Å². The Kier molecular flexibility index (Phi) is 8.26. The summed E-state index contributed by atoms with van der Waals surface area (Å²) in [4.78, 5) is 19.3. The van der Waals surface area contributed by atoms with Gasteiger partial charge in [0.05, 0.1) is 24.9 Å². The molecule has 5 N–H and O–H groups in total. The third-order valence-electron chi connectivity index (χ3n) is 6.14. The lowest BCUT2D eigenvalue weighted by Crippen LogP contribution is -2.42. The number of hydrogen-bond acceptors (Lipinski definition) is 7. The maximum absolute atomic E-state index is 13.0. The summed E-state index contributed by atoms with van der Waals surface area (Å²) in [6, 6.07) is 18.2. The maximum atomic E-state index is 13.0. The van der Waals surface area contributed by atoms with Crippen molar-refractivity contribution in [2.75, 3.05) is 12.0 Å². The van der Waals surface area contributed by atoms with Crippen LogP contribution in [0.4, 0.5) is 5.69 Å². The van der Waals surface area contributed by atoms with Gasteiger partial charge in [-0.15, -0.1) is 0 Å². The molecule has 0 saturated carbocycles. The molecule has 0 spiro atoms. The molecule has 0 saturated heterocycles. The van der Waals surface area contributed by atoms with Crippen LogP contribution in [0.15, 0.2) is 71.7 Å². The van der Waals surface area contributed by atoms with Crippen molar-refractivity contribution in [2.24, 2.45) is 4.99 Å². The van der Waals surface area contributed by atoms with Crippen molar-refractivity contribution in [2.45, 2.75) is 25.9 Å². The normalized spacial score (nSPS) is 14.8. The molecule has 1 aliphatic rings. The van der Waals surface area contributed by atoms with Gasteiger partial charge in [-0.2, -0.15) is 0 Å². The Labute approximate surface area is 225 Å². The topological polar surface area (TPSA) is 142 Å². The average Bonchev–Trinajstić information content (AvgIpc) is 3.02. The Morgan fingerprint density at radius 2 is 1.82 bits per heavy atom. The molecule has 0 unspecified atom stereocenters. The molecule has 0 aliphatic carbocycles. The van der Waals surface area contributed by atoms with Crippen LogP contribution in [0, 0.1) is 10.8 Å². The van der Waals surface area contributed by atoms with Crippen LogP contribution >= 0.6 is 11.6 Å². The van der Waals surface area contributed by atoms with Crippen molar-refractivity contribution in [1.82, 2.24) is 5.32 Å². The number of amidine groups is 2. The standard InChI is InChI=1S/C27H27BClN5O4/c1-16(30)34-24-12-11-21(38-2)13-22(24)26(18-5-9-20(29)10-6-18)33-23(27(34)31)14-25(35)32-15-17-3-7-19(8-4-17)28(36)37/h3-13,23,30-31,36-37H,14-15H2,1-2H3,(H,32,35)/t23-/m0/s1. The molecule has 11 heteroatoms. The zero-order valence-electron chi connectivity index (χ0n) is 20.9. The van der Waals surface area contributed by atoms with Crippen molar-refractivity contribution >= 4 is 53.2 Å². The largest absolute Gasteiger partial charge is 0.497 e. The molecule has 0 aromatic heterocycles. The Morgan fingerprint density at radius 3 is 2.42 bits per heavy atom. The summed E-state index contributed by atoms with van der Waals surface area (Å²) in [5.41, 5.74) is 3.69. The van der Waals surface area contributed by atoms with E-state index in [0.717, 1.165) is 11.1 Å². The van der Waals surface area contributed by atoms with Gasteiger partial charge in [0.1, 0.15) is 23.5 Å². The number of nitrogens with zero attached hydrogens (tertiary/aromatic N) is 2. The second kappa shape index (κ2) is 11.6. The molecule has 1 aliphatic heterocycles. The molecular weight excluding hydrogens is 505 g/mol. The first-order valence-corrected chi connectivity index (χ1v) is 12.2. The smallest absolute Gasteiger partial charge is 0.488 e. The molecule has 9 nitrogen and oxygen atoms in total. The summed E-state index contributed by atoms with van der Waals surface area (Å²) >= 11 is 6.12. The molecule has 0 bridgehead atoms. The summed E-state index contributed by atoms with van der Waals surface area (Å²) in [7, 11) is 0.00294. The van der Waals surface area contributed by atoms with Gasteiger partial charge in [0.15, 0.2) is 0 Å². The molecule has 3 aromatic rings. The van der Waals surface area contributed by atoms with Crippen LogP contribution in [0.3, 0.4) is 0 Å². The zero-order valence-corrected chi connectivity index (χ0v) is 21.7. The van der Waals surface area contributed by atoms with E-state index in [1.54, 1.807) is 68.6 Å². The summed E-state index contributed by atoms with van der Waals surface area (Å²) < 4.78 is 5.44. The van der Waals surface area contributed by atoms with E-state index < -0.39 is 13.2 Å². The van der Waals surface area contributed by atoms with Crippen LogP contribution in [0.2, 0.25) is 5.02 Å². The van der Waals surface area contributed by atoms with E-state index in [1.165, 1.54) is 4.90 Å². The molecular formula is C27H27BClN5O4. The van der Waals surface area contributed by atoms with Gasteiger partial charge in [0, 0.05) is 22.7 Å². The summed E-state index contributed by atoms with van der Waals surface area (Å²) in [6.07, 6.45) is -0.113. The third kappa shape index (κ3) is 5.94. The average molecular weight is 532 g/mol. The van der Waals surface area contributed by atoms with Crippen LogP contribution in [0.1, 0.15) is 30.0 Å². The number of anilines is 1. The number of benzodiazepines with no additional fused rings is 1. The highest BCUT2D eigenvalue weighted by molar-refractivity contribution is 6.58. The molecule has 1 amide bonds. The van der Waals surface area contributed by atoms with Gasteiger partial charge in [0.2, 0.25) is 5.91 Å². The number of nitrogens with one attached hydrogen (secondary N) is 3. The monoisotopic (exact) mass is 531 g/mol. The van der Waals surface area contributed by atoms with Crippen molar-refractivity contribution in [3.8, 4) is 5.75 Å². The predicted molar refractivity (Wildman–Crippen MR) is 150 cm³/mol. The van der Waals surface area contributed by atoms with E-state index in [-0.39, 0.29) is 30.5 Å². The number of hydrogen-bond donors (Lipinski definition) is 5. The fourth-order valence-electron chi connectivity index (χ4n) is 4.19. The van der Waals surface area contributed by atoms with Gasteiger partial charge in [0.25, 0.3) is 0 Å². The highest BCUT2D eigenvalue weighted by atomic mass is 35.5. The van der Waals surface area contributed by atoms with E-state index in [9.17, 15) is 14.8 Å². The first-order valence-electron chi connectivity index (χ1n) is 11.9. The first kappa shape index (κ1) is 27.1.